The second kappa shape index (κ2) is 8.77. The summed E-state index contributed by atoms with van der Waals surface area (Å²) in [6, 6.07) is 13.2. The third-order valence-electron chi connectivity index (χ3n) is 4.59. The first-order valence-corrected chi connectivity index (χ1v) is 8.95. The van der Waals surface area contributed by atoms with Gasteiger partial charge in [-0.2, -0.15) is 0 Å². The fourth-order valence-electron chi connectivity index (χ4n) is 3.26. The van der Waals surface area contributed by atoms with Crippen molar-refractivity contribution in [1.82, 2.24) is 10.2 Å². The van der Waals surface area contributed by atoms with Crippen molar-refractivity contribution in [2.45, 2.75) is 6.04 Å². The van der Waals surface area contributed by atoms with E-state index in [4.69, 9.17) is 5.11 Å². The van der Waals surface area contributed by atoms with Crippen molar-refractivity contribution in [2.75, 3.05) is 26.2 Å². The van der Waals surface area contributed by atoms with Gasteiger partial charge in [-0.05, 0) is 17.7 Å². The van der Waals surface area contributed by atoms with Crippen molar-refractivity contribution in [1.29, 1.82) is 0 Å². The summed E-state index contributed by atoms with van der Waals surface area (Å²) in [5.74, 6) is -2.21. The minimum absolute atomic E-state index is 0.0232. The molecule has 7 heteroatoms. The largest absolute Gasteiger partial charge is 0.507 e. The lowest BCUT2D eigenvalue weighted by molar-refractivity contribution is -0.139. The first-order chi connectivity index (χ1) is 13.5. The summed E-state index contributed by atoms with van der Waals surface area (Å²) in [6.07, 6.45) is 0. The average Bonchev–Trinajstić information content (AvgIpc) is 2.97. The van der Waals surface area contributed by atoms with Crippen molar-refractivity contribution in [3.05, 3.63) is 77.1 Å². The molecule has 1 unspecified atom stereocenters. The van der Waals surface area contributed by atoms with E-state index in [2.05, 4.69) is 5.32 Å². The zero-order chi connectivity index (χ0) is 20.1. The monoisotopic (exact) mass is 384 g/mol. The first-order valence-electron chi connectivity index (χ1n) is 8.95. The van der Waals surface area contributed by atoms with Crippen LogP contribution in [0.15, 0.2) is 60.2 Å². The minimum Gasteiger partial charge on any atom is -0.507 e. The second-order valence-electron chi connectivity index (χ2n) is 6.38. The first kappa shape index (κ1) is 19.7. The lowest BCUT2D eigenvalue weighted by atomic mass is 9.95. The Hall–Kier alpha value is -3.03. The van der Waals surface area contributed by atoms with Crippen molar-refractivity contribution in [2.24, 2.45) is 0 Å². The quantitative estimate of drug-likeness (QED) is 0.293. The van der Waals surface area contributed by atoms with Crippen LogP contribution in [0.3, 0.4) is 0 Å². The number of hydrogen-bond acceptors (Lipinski definition) is 5. The van der Waals surface area contributed by atoms with Crippen LogP contribution in [0.5, 0.6) is 0 Å². The summed E-state index contributed by atoms with van der Waals surface area (Å²) in [5, 5.41) is 22.6. The van der Waals surface area contributed by atoms with Gasteiger partial charge in [0.2, 0.25) is 0 Å². The maximum absolute atomic E-state index is 13.4. The SMILES string of the molecule is O=C1C(=O)N(CCNCCO)C(c2ccc(F)cc2)/C1=C(/O)c1ccccc1. The number of likely N-dealkylation sites (tertiary alicyclic amines) is 1. The van der Waals surface area contributed by atoms with Crippen LogP contribution in [-0.4, -0.2) is 53.0 Å². The van der Waals surface area contributed by atoms with Gasteiger partial charge in [0.15, 0.2) is 0 Å². The molecule has 3 N–H and O–H groups in total. The molecule has 3 rings (SSSR count). The molecule has 0 spiro atoms. The third-order valence-corrected chi connectivity index (χ3v) is 4.59. The van der Waals surface area contributed by atoms with Crippen LogP contribution in [0.4, 0.5) is 4.39 Å². The molecule has 1 aliphatic heterocycles. The number of ketones is 1. The highest BCUT2D eigenvalue weighted by molar-refractivity contribution is 6.46. The molecule has 1 aliphatic rings. The van der Waals surface area contributed by atoms with Gasteiger partial charge in [-0.1, -0.05) is 42.5 Å². The van der Waals surface area contributed by atoms with E-state index in [-0.39, 0.29) is 24.5 Å². The summed E-state index contributed by atoms with van der Waals surface area (Å²) in [5.41, 5.74) is 0.927. The molecule has 2 aromatic carbocycles. The standard InChI is InChI=1S/C21H21FN2O4/c22-16-8-6-14(7-9-16)18-17(19(26)15-4-2-1-3-5-15)20(27)21(28)24(18)12-10-23-11-13-25/h1-9,18,23,25-26H,10-13H2/b19-17-. The number of hydrogen-bond donors (Lipinski definition) is 3. The highest BCUT2D eigenvalue weighted by Crippen LogP contribution is 2.39. The highest BCUT2D eigenvalue weighted by Gasteiger charge is 2.45. The fourth-order valence-corrected chi connectivity index (χ4v) is 3.26. The summed E-state index contributed by atoms with van der Waals surface area (Å²) >= 11 is 0. The van der Waals surface area contributed by atoms with Gasteiger partial charge in [-0.3, -0.25) is 9.59 Å². The van der Waals surface area contributed by atoms with Gasteiger partial charge in [-0.15, -0.1) is 0 Å². The number of nitrogens with one attached hydrogen (secondary N) is 1. The van der Waals surface area contributed by atoms with Gasteiger partial charge in [0.1, 0.15) is 11.6 Å². The van der Waals surface area contributed by atoms with Crippen molar-refractivity contribution >= 4 is 17.4 Å². The molecule has 28 heavy (non-hydrogen) atoms. The van der Waals surface area contributed by atoms with E-state index >= 15 is 0 Å². The van der Waals surface area contributed by atoms with Gasteiger partial charge in [0, 0.05) is 25.2 Å². The summed E-state index contributed by atoms with van der Waals surface area (Å²) in [6.45, 7) is 0.859. The van der Waals surface area contributed by atoms with Crippen LogP contribution in [0.1, 0.15) is 17.2 Å². The van der Waals surface area contributed by atoms with Crippen LogP contribution in [-0.2, 0) is 9.59 Å². The van der Waals surface area contributed by atoms with E-state index in [1.165, 1.54) is 29.2 Å². The zero-order valence-electron chi connectivity index (χ0n) is 15.1. The molecular weight excluding hydrogens is 363 g/mol. The Morgan fingerprint density at radius 3 is 2.36 bits per heavy atom. The summed E-state index contributed by atoms with van der Waals surface area (Å²) in [7, 11) is 0. The van der Waals surface area contributed by atoms with Crippen LogP contribution in [0.25, 0.3) is 5.76 Å². The molecule has 2 aromatic rings. The molecule has 0 radical (unpaired) electrons. The Kier molecular flexibility index (Phi) is 6.18. The zero-order valence-corrected chi connectivity index (χ0v) is 15.1. The number of rotatable bonds is 7. The topological polar surface area (TPSA) is 89.9 Å². The average molecular weight is 384 g/mol. The summed E-state index contributed by atoms with van der Waals surface area (Å²) < 4.78 is 13.4. The molecule has 146 valence electrons. The predicted molar refractivity (Wildman–Crippen MR) is 102 cm³/mol. The number of Topliss-reactive ketones (excluding diaryl/α,β-unsaturated/α-hetero) is 1. The lowest BCUT2D eigenvalue weighted by Gasteiger charge is -2.25. The maximum atomic E-state index is 13.4. The molecule has 1 atom stereocenters. The second-order valence-corrected chi connectivity index (χ2v) is 6.38. The molecule has 0 aliphatic carbocycles. The van der Waals surface area contributed by atoms with E-state index in [0.717, 1.165) is 0 Å². The molecule has 0 bridgehead atoms. The van der Waals surface area contributed by atoms with E-state index < -0.39 is 23.5 Å². The molecule has 6 nitrogen and oxygen atoms in total. The van der Waals surface area contributed by atoms with Crippen LogP contribution in [0, 0.1) is 5.82 Å². The van der Waals surface area contributed by atoms with Crippen molar-refractivity contribution in [3.63, 3.8) is 0 Å². The molecule has 0 saturated carbocycles. The predicted octanol–water partition coefficient (Wildman–Crippen LogP) is 1.83. The Labute approximate surface area is 161 Å². The Morgan fingerprint density at radius 1 is 1.04 bits per heavy atom. The lowest BCUT2D eigenvalue weighted by Crippen LogP contribution is -2.36. The van der Waals surface area contributed by atoms with Crippen LogP contribution < -0.4 is 5.32 Å². The van der Waals surface area contributed by atoms with Crippen LogP contribution in [0.2, 0.25) is 0 Å². The van der Waals surface area contributed by atoms with E-state index in [1.54, 1.807) is 30.3 Å². The molecule has 1 heterocycles. The number of aliphatic hydroxyl groups is 2. The van der Waals surface area contributed by atoms with E-state index in [1.807, 2.05) is 0 Å². The Balaban J connectivity index is 2.04. The normalized spacial score (nSPS) is 18.6. The van der Waals surface area contributed by atoms with Gasteiger partial charge < -0.3 is 20.4 Å². The molecule has 0 aromatic heterocycles. The highest BCUT2D eigenvalue weighted by atomic mass is 19.1. The van der Waals surface area contributed by atoms with Gasteiger partial charge in [0.25, 0.3) is 11.7 Å². The minimum atomic E-state index is -0.822. The fraction of sp³-hybridized carbons (Fsp3) is 0.238. The smallest absolute Gasteiger partial charge is 0.295 e. The van der Waals surface area contributed by atoms with Gasteiger partial charge in [-0.25, -0.2) is 4.39 Å². The summed E-state index contributed by atoms with van der Waals surface area (Å²) in [4.78, 5) is 26.7. The Bertz CT molecular complexity index is 881. The maximum Gasteiger partial charge on any atom is 0.295 e. The number of halogens is 1. The number of amides is 1. The van der Waals surface area contributed by atoms with Gasteiger partial charge >= 0.3 is 0 Å². The molecule has 1 saturated heterocycles. The molecule has 1 fully saturated rings. The van der Waals surface area contributed by atoms with E-state index in [9.17, 15) is 19.1 Å². The van der Waals surface area contributed by atoms with E-state index in [0.29, 0.717) is 24.2 Å². The Morgan fingerprint density at radius 2 is 1.71 bits per heavy atom. The number of carbonyl (C=O) groups is 2. The molecular formula is C21H21FN2O4. The number of nitrogens with zero attached hydrogens (tertiary/aromatic N) is 1. The number of benzene rings is 2. The third kappa shape index (κ3) is 3.95. The number of aliphatic hydroxyl groups excluding tert-OH is 2. The van der Waals surface area contributed by atoms with Gasteiger partial charge in [0.05, 0.1) is 18.2 Å². The van der Waals surface area contributed by atoms with Crippen LogP contribution >= 0.6 is 0 Å². The number of carbonyl (C=O) groups excluding carboxylic acids is 2. The van der Waals surface area contributed by atoms with Crippen molar-refractivity contribution < 1.29 is 24.2 Å². The van der Waals surface area contributed by atoms with Crippen molar-refractivity contribution in [3.8, 4) is 0 Å². The molecule has 1 amide bonds.